The molecule has 0 aliphatic rings. The fourth-order valence-electron chi connectivity index (χ4n) is 2.97. The number of amides is 1. The van der Waals surface area contributed by atoms with Crippen LogP contribution in [0.5, 0.6) is 0 Å². The standard InChI is InChI=1S/C20H21FN2O2/c1-13-3-2-4-17-15(11-23-20(13)17)6-8-19(25)22-10-14-5-7-18(21)16(9-14)12-24/h2-5,7,9,11,23-24H,6,8,10,12H2,1H3,(H,22,25). The molecule has 0 aliphatic carbocycles. The van der Waals surface area contributed by atoms with Crippen molar-refractivity contribution in [3.05, 3.63) is 70.7 Å². The van der Waals surface area contributed by atoms with Gasteiger partial charge in [-0.2, -0.15) is 0 Å². The van der Waals surface area contributed by atoms with Gasteiger partial charge in [-0.3, -0.25) is 4.79 Å². The lowest BCUT2D eigenvalue weighted by Crippen LogP contribution is -2.23. The number of aromatic nitrogens is 1. The first-order valence-corrected chi connectivity index (χ1v) is 8.29. The van der Waals surface area contributed by atoms with E-state index in [0.717, 1.165) is 22.0 Å². The number of rotatable bonds is 6. The van der Waals surface area contributed by atoms with Crippen molar-refractivity contribution in [3.63, 3.8) is 0 Å². The molecule has 25 heavy (non-hydrogen) atoms. The number of hydrogen-bond donors (Lipinski definition) is 3. The fourth-order valence-corrected chi connectivity index (χ4v) is 2.97. The van der Waals surface area contributed by atoms with Crippen LogP contribution in [-0.4, -0.2) is 16.0 Å². The Morgan fingerprint density at radius 3 is 2.88 bits per heavy atom. The molecule has 0 saturated carbocycles. The summed E-state index contributed by atoms with van der Waals surface area (Å²) in [5, 5.41) is 13.1. The van der Waals surface area contributed by atoms with Crippen molar-refractivity contribution in [2.45, 2.75) is 32.9 Å². The maximum atomic E-state index is 13.4. The largest absolute Gasteiger partial charge is 0.392 e. The summed E-state index contributed by atoms with van der Waals surface area (Å²) < 4.78 is 13.4. The summed E-state index contributed by atoms with van der Waals surface area (Å²) in [6.07, 6.45) is 2.99. The zero-order valence-corrected chi connectivity index (χ0v) is 14.1. The molecule has 3 N–H and O–H groups in total. The molecular weight excluding hydrogens is 319 g/mol. The Balaban J connectivity index is 1.57. The summed E-state index contributed by atoms with van der Waals surface area (Å²) in [6.45, 7) is 2.02. The number of fused-ring (bicyclic) bond motifs is 1. The Hall–Kier alpha value is -2.66. The van der Waals surface area contributed by atoms with E-state index in [1.165, 1.54) is 11.6 Å². The average Bonchev–Trinajstić information content (AvgIpc) is 3.04. The number of carbonyl (C=O) groups excluding carboxylic acids is 1. The van der Waals surface area contributed by atoms with Gasteiger partial charge >= 0.3 is 0 Å². The van der Waals surface area contributed by atoms with E-state index in [1.54, 1.807) is 12.1 Å². The van der Waals surface area contributed by atoms with Crippen LogP contribution in [-0.2, 0) is 24.4 Å². The van der Waals surface area contributed by atoms with Crippen LogP contribution in [0.1, 0.15) is 28.7 Å². The zero-order valence-electron chi connectivity index (χ0n) is 14.1. The van der Waals surface area contributed by atoms with Crippen molar-refractivity contribution in [3.8, 4) is 0 Å². The number of carbonyl (C=O) groups is 1. The number of H-pyrrole nitrogens is 1. The summed E-state index contributed by atoms with van der Waals surface area (Å²) in [7, 11) is 0. The van der Waals surface area contributed by atoms with Gasteiger partial charge in [0, 0.05) is 35.6 Å². The van der Waals surface area contributed by atoms with Gasteiger partial charge in [0.15, 0.2) is 0 Å². The normalized spacial score (nSPS) is 11.0. The highest BCUT2D eigenvalue weighted by atomic mass is 19.1. The Morgan fingerprint density at radius 1 is 1.24 bits per heavy atom. The first kappa shape index (κ1) is 17.2. The second-order valence-corrected chi connectivity index (χ2v) is 6.17. The molecule has 3 aromatic rings. The highest BCUT2D eigenvalue weighted by molar-refractivity contribution is 5.86. The number of para-hydroxylation sites is 1. The number of aliphatic hydroxyl groups is 1. The molecule has 2 aromatic carbocycles. The van der Waals surface area contributed by atoms with E-state index in [1.807, 2.05) is 12.3 Å². The number of hydrogen-bond acceptors (Lipinski definition) is 2. The van der Waals surface area contributed by atoms with Crippen molar-refractivity contribution >= 4 is 16.8 Å². The molecule has 0 atom stereocenters. The topological polar surface area (TPSA) is 65.1 Å². The van der Waals surface area contributed by atoms with Gasteiger partial charge in [-0.1, -0.05) is 24.3 Å². The lowest BCUT2D eigenvalue weighted by molar-refractivity contribution is -0.121. The van der Waals surface area contributed by atoms with E-state index in [0.29, 0.717) is 19.4 Å². The lowest BCUT2D eigenvalue weighted by atomic mass is 10.1. The van der Waals surface area contributed by atoms with Crippen molar-refractivity contribution in [2.24, 2.45) is 0 Å². The molecule has 0 bridgehead atoms. The number of aryl methyl sites for hydroxylation is 2. The second kappa shape index (κ2) is 7.49. The zero-order chi connectivity index (χ0) is 17.8. The molecule has 0 fully saturated rings. The van der Waals surface area contributed by atoms with E-state index < -0.39 is 5.82 Å². The maximum Gasteiger partial charge on any atom is 0.220 e. The number of nitrogens with one attached hydrogen (secondary N) is 2. The van der Waals surface area contributed by atoms with Gasteiger partial charge in [-0.05, 0) is 42.2 Å². The monoisotopic (exact) mass is 340 g/mol. The minimum absolute atomic E-state index is 0.0584. The minimum Gasteiger partial charge on any atom is -0.392 e. The van der Waals surface area contributed by atoms with E-state index in [9.17, 15) is 9.18 Å². The van der Waals surface area contributed by atoms with Crippen LogP contribution in [0.4, 0.5) is 4.39 Å². The van der Waals surface area contributed by atoms with Gasteiger partial charge in [0.1, 0.15) is 5.82 Å². The molecule has 0 unspecified atom stereocenters. The molecular formula is C20H21FN2O2. The third-order valence-corrected chi connectivity index (χ3v) is 4.40. The highest BCUT2D eigenvalue weighted by Gasteiger charge is 2.09. The molecule has 1 aromatic heterocycles. The van der Waals surface area contributed by atoms with Gasteiger partial charge in [-0.25, -0.2) is 4.39 Å². The summed E-state index contributed by atoms with van der Waals surface area (Å²) in [4.78, 5) is 15.4. The lowest BCUT2D eigenvalue weighted by Gasteiger charge is -2.07. The predicted molar refractivity (Wildman–Crippen MR) is 95.5 cm³/mol. The van der Waals surface area contributed by atoms with Crippen LogP contribution in [0.2, 0.25) is 0 Å². The minimum atomic E-state index is -0.438. The Labute approximate surface area is 145 Å². The van der Waals surface area contributed by atoms with Crippen molar-refractivity contribution in [2.75, 3.05) is 0 Å². The number of aliphatic hydroxyl groups excluding tert-OH is 1. The molecule has 0 radical (unpaired) electrons. The highest BCUT2D eigenvalue weighted by Crippen LogP contribution is 2.22. The van der Waals surface area contributed by atoms with Crippen LogP contribution in [0.15, 0.2) is 42.6 Å². The second-order valence-electron chi connectivity index (χ2n) is 6.17. The van der Waals surface area contributed by atoms with Gasteiger partial charge < -0.3 is 15.4 Å². The van der Waals surface area contributed by atoms with Crippen LogP contribution < -0.4 is 5.32 Å². The summed E-state index contributed by atoms with van der Waals surface area (Å²) in [6, 6.07) is 10.6. The Morgan fingerprint density at radius 2 is 2.08 bits per heavy atom. The Kier molecular flexibility index (Phi) is 5.14. The van der Waals surface area contributed by atoms with Gasteiger partial charge in [0.05, 0.1) is 6.61 Å². The third kappa shape index (κ3) is 3.88. The van der Waals surface area contributed by atoms with Crippen molar-refractivity contribution < 1.29 is 14.3 Å². The van der Waals surface area contributed by atoms with E-state index in [4.69, 9.17) is 5.11 Å². The molecule has 4 nitrogen and oxygen atoms in total. The van der Waals surface area contributed by atoms with Gasteiger partial charge in [-0.15, -0.1) is 0 Å². The SMILES string of the molecule is Cc1cccc2c(CCC(=O)NCc3ccc(F)c(CO)c3)c[nH]c12. The first-order chi connectivity index (χ1) is 12.1. The fraction of sp³-hybridized carbons (Fsp3) is 0.250. The summed E-state index contributed by atoms with van der Waals surface area (Å²) in [5.41, 5.74) is 4.42. The first-order valence-electron chi connectivity index (χ1n) is 8.29. The van der Waals surface area contributed by atoms with Crippen LogP contribution >= 0.6 is 0 Å². The summed E-state index contributed by atoms with van der Waals surface area (Å²) in [5.74, 6) is -0.496. The quantitative estimate of drug-likeness (QED) is 0.644. The van der Waals surface area contributed by atoms with Crippen molar-refractivity contribution in [1.82, 2.24) is 10.3 Å². The summed E-state index contributed by atoms with van der Waals surface area (Å²) >= 11 is 0. The molecule has 0 saturated heterocycles. The van der Waals surface area contributed by atoms with E-state index in [2.05, 4.69) is 29.4 Å². The van der Waals surface area contributed by atoms with Crippen LogP contribution in [0, 0.1) is 12.7 Å². The number of halogens is 1. The van der Waals surface area contributed by atoms with Crippen LogP contribution in [0.25, 0.3) is 10.9 Å². The molecule has 0 spiro atoms. The predicted octanol–water partition coefficient (Wildman–Crippen LogP) is 3.36. The smallest absolute Gasteiger partial charge is 0.220 e. The van der Waals surface area contributed by atoms with Gasteiger partial charge in [0.2, 0.25) is 5.91 Å². The molecule has 5 heteroatoms. The molecule has 3 rings (SSSR count). The molecule has 1 heterocycles. The third-order valence-electron chi connectivity index (χ3n) is 4.40. The van der Waals surface area contributed by atoms with Crippen molar-refractivity contribution in [1.29, 1.82) is 0 Å². The van der Waals surface area contributed by atoms with E-state index >= 15 is 0 Å². The molecule has 130 valence electrons. The Bertz CT molecular complexity index is 902. The average molecular weight is 340 g/mol. The van der Waals surface area contributed by atoms with Gasteiger partial charge in [0.25, 0.3) is 0 Å². The molecule has 0 aliphatic heterocycles. The maximum absolute atomic E-state index is 13.4. The molecule has 1 amide bonds. The van der Waals surface area contributed by atoms with E-state index in [-0.39, 0.29) is 18.1 Å². The number of aromatic amines is 1. The van der Waals surface area contributed by atoms with Crippen LogP contribution in [0.3, 0.4) is 0 Å². The number of benzene rings is 2.